The standard InChI is InChI=1S/C13H19N3O4/c1-7(2)11(12(14)16-19)15-13(18)9-5-4-8(20-3)6-10(9)17/h4-7,11,17,19H,1-3H3,(H2,14,16)(H,15,18). The van der Waals surface area contributed by atoms with Crippen molar-refractivity contribution in [3.63, 3.8) is 0 Å². The number of nitrogens with two attached hydrogens (primary N) is 1. The summed E-state index contributed by atoms with van der Waals surface area (Å²) in [6.07, 6.45) is 0. The minimum atomic E-state index is -0.631. The van der Waals surface area contributed by atoms with Gasteiger partial charge in [0.25, 0.3) is 5.91 Å². The molecule has 1 rings (SSSR count). The van der Waals surface area contributed by atoms with E-state index < -0.39 is 11.9 Å². The molecule has 0 saturated carbocycles. The van der Waals surface area contributed by atoms with Crippen LogP contribution in [0.4, 0.5) is 0 Å². The van der Waals surface area contributed by atoms with E-state index in [9.17, 15) is 9.90 Å². The van der Waals surface area contributed by atoms with Crippen LogP contribution in [-0.4, -0.2) is 35.2 Å². The molecule has 0 aliphatic heterocycles. The Hall–Kier alpha value is -2.44. The van der Waals surface area contributed by atoms with Crippen molar-refractivity contribution in [2.45, 2.75) is 19.9 Å². The summed E-state index contributed by atoms with van der Waals surface area (Å²) >= 11 is 0. The molecule has 20 heavy (non-hydrogen) atoms. The number of amidine groups is 1. The molecule has 0 radical (unpaired) electrons. The van der Waals surface area contributed by atoms with Crippen LogP contribution in [0.2, 0.25) is 0 Å². The molecule has 1 aromatic rings. The lowest BCUT2D eigenvalue weighted by Crippen LogP contribution is -2.47. The smallest absolute Gasteiger partial charge is 0.255 e. The van der Waals surface area contributed by atoms with Crippen molar-refractivity contribution in [2.75, 3.05) is 7.11 Å². The van der Waals surface area contributed by atoms with Gasteiger partial charge in [0.1, 0.15) is 11.5 Å². The number of nitrogens with zero attached hydrogens (tertiary/aromatic N) is 1. The third-order valence-electron chi connectivity index (χ3n) is 2.84. The molecular formula is C13H19N3O4. The van der Waals surface area contributed by atoms with E-state index in [0.29, 0.717) is 5.75 Å². The number of carbonyl (C=O) groups is 1. The zero-order valence-corrected chi connectivity index (χ0v) is 11.6. The van der Waals surface area contributed by atoms with E-state index in [1.54, 1.807) is 6.07 Å². The van der Waals surface area contributed by atoms with E-state index in [0.717, 1.165) is 0 Å². The van der Waals surface area contributed by atoms with Crippen molar-refractivity contribution in [3.05, 3.63) is 23.8 Å². The van der Waals surface area contributed by atoms with Gasteiger partial charge in [-0.2, -0.15) is 0 Å². The quantitative estimate of drug-likeness (QED) is 0.277. The number of phenolic OH excluding ortho intramolecular Hbond substituents is 1. The molecule has 0 aromatic heterocycles. The molecule has 110 valence electrons. The summed E-state index contributed by atoms with van der Waals surface area (Å²) in [6, 6.07) is 3.70. The zero-order valence-electron chi connectivity index (χ0n) is 11.6. The minimum absolute atomic E-state index is 0.0739. The topological polar surface area (TPSA) is 117 Å². The van der Waals surface area contributed by atoms with Gasteiger partial charge in [0.15, 0.2) is 5.84 Å². The van der Waals surface area contributed by atoms with Gasteiger partial charge >= 0.3 is 0 Å². The molecular weight excluding hydrogens is 262 g/mol. The molecule has 0 aliphatic rings. The van der Waals surface area contributed by atoms with Crippen LogP contribution in [0.1, 0.15) is 24.2 Å². The number of rotatable bonds is 5. The summed E-state index contributed by atoms with van der Waals surface area (Å²) in [5, 5.41) is 24.0. The number of hydrogen-bond acceptors (Lipinski definition) is 5. The molecule has 1 unspecified atom stereocenters. The number of hydrogen-bond donors (Lipinski definition) is 4. The Kier molecular flexibility index (Phi) is 5.19. The number of oxime groups is 1. The molecule has 1 amide bonds. The van der Waals surface area contributed by atoms with Crippen LogP contribution in [0.15, 0.2) is 23.4 Å². The summed E-state index contributed by atoms with van der Waals surface area (Å²) in [5.74, 6) is -0.452. The normalized spacial score (nSPS) is 13.1. The predicted octanol–water partition coefficient (Wildman–Crippen LogP) is 0.902. The maximum Gasteiger partial charge on any atom is 0.255 e. The van der Waals surface area contributed by atoms with Gasteiger partial charge in [-0.15, -0.1) is 0 Å². The maximum absolute atomic E-state index is 12.1. The van der Waals surface area contributed by atoms with Crippen molar-refractivity contribution in [3.8, 4) is 11.5 Å². The first-order valence-electron chi connectivity index (χ1n) is 6.06. The lowest BCUT2D eigenvalue weighted by molar-refractivity contribution is 0.0936. The van der Waals surface area contributed by atoms with Gasteiger partial charge in [-0.1, -0.05) is 19.0 Å². The lowest BCUT2D eigenvalue weighted by atomic mass is 10.0. The summed E-state index contributed by atoms with van der Waals surface area (Å²) in [6.45, 7) is 3.63. The molecule has 1 aromatic carbocycles. The van der Waals surface area contributed by atoms with Crippen LogP contribution >= 0.6 is 0 Å². The molecule has 7 nitrogen and oxygen atoms in total. The molecule has 0 bridgehead atoms. The SMILES string of the molecule is COc1ccc(C(=O)NC(C(N)=NO)C(C)C)c(O)c1. The van der Waals surface area contributed by atoms with Gasteiger partial charge < -0.3 is 26.1 Å². The second kappa shape index (κ2) is 6.65. The summed E-state index contributed by atoms with van der Waals surface area (Å²) < 4.78 is 4.94. The molecule has 1 atom stereocenters. The number of carbonyl (C=O) groups excluding carboxylic acids is 1. The third-order valence-corrected chi connectivity index (χ3v) is 2.84. The van der Waals surface area contributed by atoms with Crippen LogP contribution in [0.25, 0.3) is 0 Å². The second-order valence-corrected chi connectivity index (χ2v) is 4.60. The molecule has 7 heteroatoms. The Morgan fingerprint density at radius 1 is 1.45 bits per heavy atom. The number of benzene rings is 1. The number of ether oxygens (including phenoxy) is 1. The fourth-order valence-corrected chi connectivity index (χ4v) is 1.69. The number of aromatic hydroxyl groups is 1. The summed E-state index contributed by atoms with van der Waals surface area (Å²) in [4.78, 5) is 12.1. The van der Waals surface area contributed by atoms with Gasteiger partial charge in [0.05, 0.1) is 18.7 Å². The summed E-state index contributed by atoms with van der Waals surface area (Å²) in [5.41, 5.74) is 5.62. The van der Waals surface area contributed by atoms with E-state index in [2.05, 4.69) is 10.5 Å². The Morgan fingerprint density at radius 2 is 2.10 bits per heavy atom. The van der Waals surface area contributed by atoms with Crippen LogP contribution in [0.5, 0.6) is 11.5 Å². The number of methoxy groups -OCH3 is 1. The van der Waals surface area contributed by atoms with Crippen molar-refractivity contribution in [2.24, 2.45) is 16.8 Å². The first-order valence-corrected chi connectivity index (χ1v) is 6.06. The number of amides is 1. The van der Waals surface area contributed by atoms with Crippen LogP contribution in [-0.2, 0) is 0 Å². The fraction of sp³-hybridized carbons (Fsp3) is 0.385. The van der Waals surface area contributed by atoms with Crippen LogP contribution < -0.4 is 15.8 Å². The molecule has 0 heterocycles. The highest BCUT2D eigenvalue weighted by atomic mass is 16.5. The number of nitrogens with one attached hydrogen (secondary N) is 1. The van der Waals surface area contributed by atoms with Crippen molar-refractivity contribution < 1.29 is 19.8 Å². The molecule has 0 fully saturated rings. The van der Waals surface area contributed by atoms with Crippen LogP contribution in [0, 0.1) is 5.92 Å². The summed E-state index contributed by atoms with van der Waals surface area (Å²) in [7, 11) is 1.46. The highest BCUT2D eigenvalue weighted by molar-refractivity contribution is 6.00. The Labute approximate surface area is 117 Å². The van der Waals surface area contributed by atoms with Crippen molar-refractivity contribution in [1.29, 1.82) is 0 Å². The highest BCUT2D eigenvalue weighted by Crippen LogP contribution is 2.23. The van der Waals surface area contributed by atoms with Crippen LogP contribution in [0.3, 0.4) is 0 Å². The molecule has 5 N–H and O–H groups in total. The highest BCUT2D eigenvalue weighted by Gasteiger charge is 2.22. The lowest BCUT2D eigenvalue weighted by Gasteiger charge is -2.21. The van der Waals surface area contributed by atoms with E-state index in [4.69, 9.17) is 15.7 Å². The van der Waals surface area contributed by atoms with Crippen molar-refractivity contribution in [1.82, 2.24) is 5.32 Å². The van der Waals surface area contributed by atoms with Gasteiger partial charge in [0, 0.05) is 6.07 Å². The second-order valence-electron chi connectivity index (χ2n) is 4.60. The Bertz CT molecular complexity index is 514. The van der Waals surface area contributed by atoms with E-state index in [1.807, 2.05) is 13.8 Å². The fourth-order valence-electron chi connectivity index (χ4n) is 1.69. The average molecular weight is 281 g/mol. The Morgan fingerprint density at radius 3 is 2.55 bits per heavy atom. The predicted molar refractivity (Wildman–Crippen MR) is 74.2 cm³/mol. The molecule has 0 aliphatic carbocycles. The first kappa shape index (κ1) is 15.6. The minimum Gasteiger partial charge on any atom is -0.507 e. The van der Waals surface area contributed by atoms with Gasteiger partial charge in [0.2, 0.25) is 0 Å². The first-order chi connectivity index (χ1) is 9.40. The van der Waals surface area contributed by atoms with E-state index in [1.165, 1.54) is 19.2 Å². The third kappa shape index (κ3) is 3.53. The van der Waals surface area contributed by atoms with Gasteiger partial charge in [-0.3, -0.25) is 4.79 Å². The van der Waals surface area contributed by atoms with Gasteiger partial charge in [-0.25, -0.2) is 0 Å². The Balaban J connectivity index is 2.95. The monoisotopic (exact) mass is 281 g/mol. The molecule has 0 saturated heterocycles. The van der Waals surface area contributed by atoms with E-state index in [-0.39, 0.29) is 23.1 Å². The average Bonchev–Trinajstić information content (AvgIpc) is 2.43. The largest absolute Gasteiger partial charge is 0.507 e. The molecule has 0 spiro atoms. The van der Waals surface area contributed by atoms with E-state index >= 15 is 0 Å². The number of phenols is 1. The maximum atomic E-state index is 12.1. The zero-order chi connectivity index (χ0) is 15.3. The van der Waals surface area contributed by atoms with Gasteiger partial charge in [-0.05, 0) is 18.1 Å². The van der Waals surface area contributed by atoms with Crippen molar-refractivity contribution >= 4 is 11.7 Å².